The Balaban J connectivity index is 2.78. The van der Waals surface area contributed by atoms with Crippen LogP contribution in [0.5, 0.6) is 5.75 Å². The average molecular weight is 321 g/mol. The first-order valence-corrected chi connectivity index (χ1v) is 7.93. The van der Waals surface area contributed by atoms with Crippen molar-refractivity contribution in [3.05, 3.63) is 22.7 Å². The van der Waals surface area contributed by atoms with Crippen LogP contribution in [0.3, 0.4) is 0 Å². The van der Waals surface area contributed by atoms with E-state index in [2.05, 4.69) is 10.0 Å². The number of amides is 1. The molecule has 0 aromatic heterocycles. The van der Waals surface area contributed by atoms with Crippen molar-refractivity contribution in [1.29, 1.82) is 0 Å². The molecular formula is C12H17ClN2O4S. The van der Waals surface area contributed by atoms with Gasteiger partial charge in [-0.1, -0.05) is 11.6 Å². The number of hydrogen-bond donors (Lipinski definition) is 2. The van der Waals surface area contributed by atoms with Gasteiger partial charge < -0.3 is 10.1 Å². The van der Waals surface area contributed by atoms with Crippen molar-refractivity contribution in [2.45, 2.75) is 13.8 Å². The molecule has 0 bridgehead atoms. The highest BCUT2D eigenvalue weighted by atomic mass is 35.5. The number of hydrogen-bond acceptors (Lipinski definition) is 4. The van der Waals surface area contributed by atoms with Gasteiger partial charge in [-0.15, -0.1) is 0 Å². The van der Waals surface area contributed by atoms with Crippen LogP contribution >= 0.6 is 11.6 Å². The lowest BCUT2D eigenvalue weighted by Crippen LogP contribution is -2.33. The van der Waals surface area contributed by atoms with Crippen LogP contribution in [0, 0.1) is 6.92 Å². The van der Waals surface area contributed by atoms with Gasteiger partial charge in [0.15, 0.2) is 0 Å². The van der Waals surface area contributed by atoms with E-state index in [0.29, 0.717) is 16.5 Å². The second kappa shape index (κ2) is 6.92. The quantitative estimate of drug-likeness (QED) is 0.832. The van der Waals surface area contributed by atoms with Gasteiger partial charge in [0.2, 0.25) is 15.9 Å². The van der Waals surface area contributed by atoms with E-state index in [9.17, 15) is 13.2 Å². The van der Waals surface area contributed by atoms with Crippen LogP contribution in [0.25, 0.3) is 0 Å². The summed E-state index contributed by atoms with van der Waals surface area (Å²) in [5.41, 5.74) is 1.21. The lowest BCUT2D eigenvalue weighted by molar-refractivity contribution is -0.115. The topological polar surface area (TPSA) is 84.5 Å². The van der Waals surface area contributed by atoms with Crippen LogP contribution in [-0.2, 0) is 14.8 Å². The minimum Gasteiger partial charge on any atom is -0.495 e. The zero-order valence-corrected chi connectivity index (χ0v) is 13.1. The van der Waals surface area contributed by atoms with E-state index in [1.807, 2.05) is 0 Å². The minimum atomic E-state index is -3.40. The number of carbonyl (C=O) groups excluding carboxylic acids is 1. The van der Waals surface area contributed by atoms with Crippen LogP contribution < -0.4 is 14.8 Å². The van der Waals surface area contributed by atoms with E-state index >= 15 is 0 Å². The summed E-state index contributed by atoms with van der Waals surface area (Å²) in [5, 5.41) is 3.10. The molecule has 0 spiro atoms. The van der Waals surface area contributed by atoms with Gasteiger partial charge >= 0.3 is 0 Å². The number of carbonyl (C=O) groups is 1. The summed E-state index contributed by atoms with van der Waals surface area (Å²) < 4.78 is 29.8. The summed E-state index contributed by atoms with van der Waals surface area (Å²) in [4.78, 5) is 11.7. The molecule has 0 atom stereocenters. The molecule has 2 N–H and O–H groups in total. The molecule has 0 aliphatic heterocycles. The highest BCUT2D eigenvalue weighted by molar-refractivity contribution is 7.89. The van der Waals surface area contributed by atoms with Crippen LogP contribution in [0.4, 0.5) is 5.69 Å². The lowest BCUT2D eigenvalue weighted by Gasteiger charge is -2.12. The number of ether oxygens (including phenoxy) is 1. The lowest BCUT2D eigenvalue weighted by atomic mass is 10.2. The molecule has 0 aliphatic rings. The molecule has 0 saturated carbocycles. The summed E-state index contributed by atoms with van der Waals surface area (Å²) in [6.07, 6.45) is 0. The predicted molar refractivity (Wildman–Crippen MR) is 78.8 cm³/mol. The van der Waals surface area contributed by atoms with Gasteiger partial charge in [-0.2, -0.15) is 0 Å². The summed E-state index contributed by atoms with van der Waals surface area (Å²) >= 11 is 5.96. The van der Waals surface area contributed by atoms with Crippen molar-refractivity contribution in [2.24, 2.45) is 0 Å². The third kappa shape index (κ3) is 4.66. The molecule has 1 aromatic rings. The Labute approximate surface area is 123 Å². The third-order valence-electron chi connectivity index (χ3n) is 2.59. The number of anilines is 1. The van der Waals surface area contributed by atoms with E-state index in [-0.39, 0.29) is 12.3 Å². The van der Waals surface area contributed by atoms with Crippen LogP contribution in [-0.4, -0.2) is 33.7 Å². The van der Waals surface area contributed by atoms with Gasteiger partial charge in [0.05, 0.1) is 25.1 Å². The molecule has 0 aliphatic carbocycles. The van der Waals surface area contributed by atoms with Crippen LogP contribution in [0.2, 0.25) is 5.02 Å². The van der Waals surface area contributed by atoms with Crippen molar-refractivity contribution in [3.8, 4) is 5.75 Å². The molecule has 0 heterocycles. The normalized spacial score (nSPS) is 11.2. The molecule has 1 aromatic carbocycles. The maximum Gasteiger partial charge on any atom is 0.239 e. The number of sulfonamides is 1. The monoisotopic (exact) mass is 320 g/mol. The number of methoxy groups -OCH3 is 1. The molecule has 0 radical (unpaired) electrons. The summed E-state index contributed by atoms with van der Waals surface area (Å²) in [5.74, 6) is -0.154. The van der Waals surface area contributed by atoms with Crippen molar-refractivity contribution in [3.63, 3.8) is 0 Å². The van der Waals surface area contributed by atoms with Gasteiger partial charge in [0.1, 0.15) is 5.75 Å². The van der Waals surface area contributed by atoms with Crippen molar-refractivity contribution < 1.29 is 17.9 Å². The van der Waals surface area contributed by atoms with E-state index in [4.69, 9.17) is 16.3 Å². The van der Waals surface area contributed by atoms with E-state index in [0.717, 1.165) is 5.56 Å². The molecular weight excluding hydrogens is 304 g/mol. The first-order valence-electron chi connectivity index (χ1n) is 5.90. The first kappa shape index (κ1) is 16.7. The number of aryl methyl sites for hydroxylation is 1. The highest BCUT2D eigenvalue weighted by Crippen LogP contribution is 2.30. The summed E-state index contributed by atoms with van der Waals surface area (Å²) in [7, 11) is -1.95. The van der Waals surface area contributed by atoms with Crippen molar-refractivity contribution >= 4 is 33.2 Å². The Hall–Kier alpha value is -1.31. The largest absolute Gasteiger partial charge is 0.495 e. The molecule has 0 saturated heterocycles. The SMILES string of the molecule is CCS(=O)(=O)NCC(=O)Nc1cc(C)c(Cl)cc1OC. The summed E-state index contributed by atoms with van der Waals surface area (Å²) in [6.45, 7) is 2.95. The molecule has 20 heavy (non-hydrogen) atoms. The molecule has 112 valence electrons. The molecule has 1 amide bonds. The maximum absolute atomic E-state index is 11.7. The van der Waals surface area contributed by atoms with Crippen molar-refractivity contribution in [1.82, 2.24) is 4.72 Å². The average Bonchev–Trinajstić information content (AvgIpc) is 2.40. The predicted octanol–water partition coefficient (Wildman–Crippen LogP) is 1.53. The van der Waals surface area contributed by atoms with Crippen LogP contribution in [0.15, 0.2) is 12.1 Å². The first-order chi connectivity index (χ1) is 9.29. The number of rotatable bonds is 6. The van der Waals surface area contributed by atoms with Crippen molar-refractivity contribution in [2.75, 3.05) is 24.7 Å². The van der Waals surface area contributed by atoms with E-state index in [1.165, 1.54) is 14.0 Å². The number of halogens is 1. The maximum atomic E-state index is 11.7. The van der Waals surface area contributed by atoms with Gasteiger partial charge in [0, 0.05) is 11.1 Å². The second-order valence-corrected chi connectivity index (χ2v) is 6.58. The minimum absolute atomic E-state index is 0.0797. The summed E-state index contributed by atoms with van der Waals surface area (Å²) in [6, 6.07) is 3.25. The standard InChI is InChI=1S/C12H17ClN2O4S/c1-4-20(17,18)14-7-12(16)15-10-5-8(2)9(13)6-11(10)19-3/h5-6,14H,4,7H2,1-3H3,(H,15,16). The second-order valence-electron chi connectivity index (χ2n) is 4.07. The Kier molecular flexibility index (Phi) is 5.79. The fourth-order valence-corrected chi connectivity index (χ4v) is 2.11. The molecule has 6 nitrogen and oxygen atoms in total. The molecule has 1 rings (SSSR count). The fourth-order valence-electron chi connectivity index (χ4n) is 1.40. The smallest absolute Gasteiger partial charge is 0.239 e. The fraction of sp³-hybridized carbons (Fsp3) is 0.417. The zero-order valence-electron chi connectivity index (χ0n) is 11.5. The number of benzene rings is 1. The molecule has 0 unspecified atom stereocenters. The molecule has 0 fully saturated rings. The van der Waals surface area contributed by atoms with E-state index < -0.39 is 15.9 Å². The van der Waals surface area contributed by atoms with Gasteiger partial charge in [-0.05, 0) is 25.5 Å². The molecule has 8 heteroatoms. The van der Waals surface area contributed by atoms with Gasteiger partial charge in [-0.25, -0.2) is 13.1 Å². The van der Waals surface area contributed by atoms with Crippen LogP contribution in [0.1, 0.15) is 12.5 Å². The zero-order chi connectivity index (χ0) is 15.3. The van der Waals surface area contributed by atoms with Gasteiger partial charge in [-0.3, -0.25) is 4.79 Å². The van der Waals surface area contributed by atoms with E-state index in [1.54, 1.807) is 19.1 Å². The van der Waals surface area contributed by atoms with Gasteiger partial charge in [0.25, 0.3) is 0 Å². The number of nitrogens with one attached hydrogen (secondary N) is 2. The Morgan fingerprint density at radius 3 is 2.60 bits per heavy atom. The highest BCUT2D eigenvalue weighted by Gasteiger charge is 2.13. The third-order valence-corrected chi connectivity index (χ3v) is 4.34. The Morgan fingerprint density at radius 1 is 1.40 bits per heavy atom. The Morgan fingerprint density at radius 2 is 2.05 bits per heavy atom. The Bertz CT molecular complexity index is 602.